The van der Waals surface area contributed by atoms with Crippen LogP contribution in [0.25, 0.3) is 17.3 Å². The fourth-order valence-electron chi connectivity index (χ4n) is 2.13. The van der Waals surface area contributed by atoms with E-state index in [1.54, 1.807) is 13.2 Å². The topological polar surface area (TPSA) is 51.2 Å². The van der Waals surface area contributed by atoms with Gasteiger partial charge in [-0.2, -0.15) is 0 Å². The molecule has 2 aromatic carbocycles. The molecule has 0 aliphatic carbocycles. The Hall–Kier alpha value is -2.92. The van der Waals surface area contributed by atoms with Crippen molar-refractivity contribution in [2.24, 2.45) is 0 Å². The molecule has 24 heavy (non-hydrogen) atoms. The van der Waals surface area contributed by atoms with Gasteiger partial charge in [-0.15, -0.1) is 11.3 Å². The highest BCUT2D eigenvalue weighted by Gasteiger charge is 2.07. The first-order valence-corrected chi connectivity index (χ1v) is 8.26. The minimum atomic E-state index is -0.203. The van der Waals surface area contributed by atoms with E-state index in [9.17, 15) is 4.79 Å². The lowest BCUT2D eigenvalue weighted by atomic mass is 10.2. The van der Waals surface area contributed by atoms with E-state index in [1.165, 1.54) is 17.4 Å². The average Bonchev–Trinajstić information content (AvgIpc) is 3.09. The molecule has 5 heteroatoms. The molecule has 0 unspecified atom stereocenters. The van der Waals surface area contributed by atoms with Gasteiger partial charge < -0.3 is 4.74 Å². The number of hydrogen-bond acceptors (Lipinski definition) is 4. The highest BCUT2D eigenvalue weighted by molar-refractivity contribution is 7.14. The molecular weight excluding hydrogens is 320 g/mol. The van der Waals surface area contributed by atoms with Crippen molar-refractivity contribution in [1.82, 2.24) is 4.98 Å². The summed E-state index contributed by atoms with van der Waals surface area (Å²) in [5, 5.41) is 5.25. The molecule has 3 rings (SSSR count). The fourth-order valence-corrected chi connectivity index (χ4v) is 2.85. The van der Waals surface area contributed by atoms with Crippen molar-refractivity contribution in [2.45, 2.75) is 0 Å². The number of carbonyl (C=O) groups excluding carboxylic acids is 1. The number of hydrogen-bond donors (Lipinski definition) is 1. The summed E-state index contributed by atoms with van der Waals surface area (Å²) in [6.07, 6.45) is 3.27. The summed E-state index contributed by atoms with van der Waals surface area (Å²) in [4.78, 5) is 16.4. The highest BCUT2D eigenvalue weighted by atomic mass is 32.1. The number of carbonyl (C=O) groups is 1. The molecule has 0 atom stereocenters. The molecule has 4 nitrogen and oxygen atoms in total. The lowest BCUT2D eigenvalue weighted by Crippen LogP contribution is -2.07. The molecule has 0 radical (unpaired) electrons. The van der Waals surface area contributed by atoms with Crippen LogP contribution in [0, 0.1) is 0 Å². The third-order valence-electron chi connectivity index (χ3n) is 3.33. The predicted molar refractivity (Wildman–Crippen MR) is 98.2 cm³/mol. The maximum atomic E-state index is 12.0. The predicted octanol–water partition coefficient (Wildman–Crippen LogP) is 4.47. The number of thiazole rings is 1. The minimum Gasteiger partial charge on any atom is -0.497 e. The summed E-state index contributed by atoms with van der Waals surface area (Å²) in [6.45, 7) is 0. The van der Waals surface area contributed by atoms with Crippen molar-refractivity contribution in [2.75, 3.05) is 12.4 Å². The van der Waals surface area contributed by atoms with Crippen LogP contribution >= 0.6 is 11.3 Å². The van der Waals surface area contributed by atoms with E-state index < -0.39 is 0 Å². The number of rotatable bonds is 5. The average molecular weight is 336 g/mol. The fraction of sp³-hybridized carbons (Fsp3) is 0.0526. The number of anilines is 1. The van der Waals surface area contributed by atoms with Gasteiger partial charge in [0.05, 0.1) is 12.8 Å². The van der Waals surface area contributed by atoms with E-state index in [2.05, 4.69) is 10.3 Å². The Kier molecular flexibility index (Phi) is 5.03. The first-order chi connectivity index (χ1) is 11.7. The third-order valence-corrected chi connectivity index (χ3v) is 4.08. The molecule has 1 amide bonds. The lowest BCUT2D eigenvalue weighted by Gasteiger charge is -2.01. The smallest absolute Gasteiger partial charge is 0.250 e. The Morgan fingerprint density at radius 2 is 2.00 bits per heavy atom. The van der Waals surface area contributed by atoms with Crippen LogP contribution in [0.1, 0.15) is 5.56 Å². The summed E-state index contributed by atoms with van der Waals surface area (Å²) in [5.41, 5.74) is 2.73. The van der Waals surface area contributed by atoms with Crippen LogP contribution in [0.15, 0.2) is 66.1 Å². The lowest BCUT2D eigenvalue weighted by molar-refractivity contribution is -0.111. The summed E-state index contributed by atoms with van der Waals surface area (Å²) in [7, 11) is 1.63. The van der Waals surface area contributed by atoms with Crippen LogP contribution in [0.4, 0.5) is 5.13 Å². The zero-order valence-corrected chi connectivity index (χ0v) is 13.9. The first kappa shape index (κ1) is 16.0. The van der Waals surface area contributed by atoms with Gasteiger partial charge in [0, 0.05) is 17.0 Å². The second-order valence-electron chi connectivity index (χ2n) is 5.00. The first-order valence-electron chi connectivity index (χ1n) is 7.38. The van der Waals surface area contributed by atoms with Crippen LogP contribution in [0.3, 0.4) is 0 Å². The zero-order valence-electron chi connectivity index (χ0n) is 13.1. The number of methoxy groups -OCH3 is 1. The van der Waals surface area contributed by atoms with Crippen molar-refractivity contribution < 1.29 is 9.53 Å². The molecule has 0 bridgehead atoms. The van der Waals surface area contributed by atoms with Gasteiger partial charge in [0.2, 0.25) is 5.91 Å². The van der Waals surface area contributed by atoms with Gasteiger partial charge in [0.15, 0.2) is 5.13 Å². The Balaban J connectivity index is 1.67. The van der Waals surface area contributed by atoms with Crippen LogP contribution in [-0.2, 0) is 4.79 Å². The Bertz CT molecular complexity index is 857. The third kappa shape index (κ3) is 4.08. The van der Waals surface area contributed by atoms with Gasteiger partial charge in [-0.25, -0.2) is 4.98 Å². The second kappa shape index (κ2) is 7.57. The molecule has 0 spiro atoms. The molecule has 120 valence electrons. The van der Waals surface area contributed by atoms with Crippen molar-refractivity contribution in [3.8, 4) is 17.0 Å². The van der Waals surface area contributed by atoms with E-state index >= 15 is 0 Å². The van der Waals surface area contributed by atoms with E-state index in [4.69, 9.17) is 4.74 Å². The number of aromatic nitrogens is 1. The van der Waals surface area contributed by atoms with Gasteiger partial charge in [-0.3, -0.25) is 10.1 Å². The van der Waals surface area contributed by atoms with Crippen molar-refractivity contribution in [3.05, 3.63) is 71.6 Å². The molecule has 0 aliphatic rings. The van der Waals surface area contributed by atoms with E-state index in [-0.39, 0.29) is 5.91 Å². The van der Waals surface area contributed by atoms with Gasteiger partial charge in [-0.1, -0.05) is 42.5 Å². The van der Waals surface area contributed by atoms with Crippen molar-refractivity contribution in [1.29, 1.82) is 0 Å². The van der Waals surface area contributed by atoms with Crippen LogP contribution in [-0.4, -0.2) is 18.0 Å². The van der Waals surface area contributed by atoms with E-state index in [0.29, 0.717) is 5.13 Å². The molecular formula is C19H16N2O2S. The molecule has 1 heterocycles. The number of ether oxygens (including phenoxy) is 1. The molecule has 1 aromatic heterocycles. The SMILES string of the molecule is COc1cccc(-c2csc(NC(=O)/C=C/c3ccccc3)n2)c1. The second-order valence-corrected chi connectivity index (χ2v) is 5.86. The summed E-state index contributed by atoms with van der Waals surface area (Å²) in [6, 6.07) is 17.3. The quantitative estimate of drug-likeness (QED) is 0.699. The number of nitrogens with zero attached hydrogens (tertiary/aromatic N) is 1. The van der Waals surface area contributed by atoms with Crippen LogP contribution in [0.5, 0.6) is 5.75 Å². The molecule has 0 saturated heterocycles. The summed E-state index contributed by atoms with van der Waals surface area (Å²) >= 11 is 1.39. The Morgan fingerprint density at radius 3 is 2.79 bits per heavy atom. The zero-order chi connectivity index (χ0) is 16.8. The summed E-state index contributed by atoms with van der Waals surface area (Å²) < 4.78 is 5.22. The summed E-state index contributed by atoms with van der Waals surface area (Å²) in [5.74, 6) is 0.572. The molecule has 0 saturated carbocycles. The van der Waals surface area contributed by atoms with Gasteiger partial charge in [0.25, 0.3) is 0 Å². The molecule has 1 N–H and O–H groups in total. The number of benzene rings is 2. The van der Waals surface area contributed by atoms with Gasteiger partial charge >= 0.3 is 0 Å². The van der Waals surface area contributed by atoms with Crippen LogP contribution in [0.2, 0.25) is 0 Å². The largest absolute Gasteiger partial charge is 0.497 e. The molecule has 0 fully saturated rings. The Labute approximate surface area is 144 Å². The monoisotopic (exact) mass is 336 g/mol. The number of nitrogens with one attached hydrogen (secondary N) is 1. The maximum absolute atomic E-state index is 12.0. The van der Waals surface area contributed by atoms with E-state index in [0.717, 1.165) is 22.6 Å². The highest BCUT2D eigenvalue weighted by Crippen LogP contribution is 2.27. The van der Waals surface area contributed by atoms with Crippen molar-refractivity contribution in [3.63, 3.8) is 0 Å². The molecule has 3 aromatic rings. The standard InChI is InChI=1S/C19H16N2O2S/c1-23-16-9-5-8-15(12-16)17-13-24-19(20-17)21-18(22)11-10-14-6-3-2-4-7-14/h2-13H,1H3,(H,20,21,22)/b11-10+. The minimum absolute atomic E-state index is 0.203. The normalized spacial score (nSPS) is 10.7. The van der Waals surface area contributed by atoms with Crippen LogP contribution < -0.4 is 10.1 Å². The van der Waals surface area contributed by atoms with Crippen molar-refractivity contribution >= 4 is 28.5 Å². The molecule has 0 aliphatic heterocycles. The van der Waals surface area contributed by atoms with Gasteiger partial charge in [-0.05, 0) is 23.8 Å². The maximum Gasteiger partial charge on any atom is 0.250 e. The number of amides is 1. The van der Waals surface area contributed by atoms with E-state index in [1.807, 2.05) is 60.0 Å². The Morgan fingerprint density at radius 1 is 1.17 bits per heavy atom. The van der Waals surface area contributed by atoms with Gasteiger partial charge in [0.1, 0.15) is 5.75 Å².